The SMILES string of the molecule is C[C@H]1C[C@@H](CCn2cc([C@H](O)c3ccccc3)nn2)O[C@]12C(=O)N(Cc1ccccc1)c1ccc(I)cc12. The van der Waals surface area contributed by atoms with Crippen LogP contribution in [0.5, 0.6) is 0 Å². The van der Waals surface area contributed by atoms with Gasteiger partial charge in [-0.2, -0.15) is 0 Å². The number of nitrogens with zero attached hydrogens (tertiary/aromatic N) is 4. The van der Waals surface area contributed by atoms with E-state index in [4.69, 9.17) is 4.74 Å². The van der Waals surface area contributed by atoms with E-state index < -0.39 is 11.7 Å². The normalized spacial score (nSPS) is 23.2. The topological polar surface area (TPSA) is 80.5 Å². The van der Waals surface area contributed by atoms with E-state index >= 15 is 0 Å². The third-order valence-corrected chi connectivity index (χ3v) is 8.36. The number of carbonyl (C=O) groups is 1. The minimum atomic E-state index is -0.979. The van der Waals surface area contributed by atoms with Gasteiger partial charge in [0.05, 0.1) is 24.5 Å². The van der Waals surface area contributed by atoms with Gasteiger partial charge >= 0.3 is 0 Å². The van der Waals surface area contributed by atoms with E-state index in [0.29, 0.717) is 25.2 Å². The summed E-state index contributed by atoms with van der Waals surface area (Å²) in [6.07, 6.45) is 2.35. The molecule has 1 saturated heterocycles. The maximum atomic E-state index is 14.1. The molecule has 1 aromatic heterocycles. The lowest BCUT2D eigenvalue weighted by molar-refractivity contribution is -0.146. The summed E-state index contributed by atoms with van der Waals surface area (Å²) in [4.78, 5) is 16.0. The quantitative estimate of drug-likeness (QED) is 0.287. The molecule has 8 heteroatoms. The predicted octanol–water partition coefficient (Wildman–Crippen LogP) is 5.22. The summed E-state index contributed by atoms with van der Waals surface area (Å²) in [7, 11) is 0. The van der Waals surface area contributed by atoms with Crippen LogP contribution in [0.4, 0.5) is 5.69 Å². The van der Waals surface area contributed by atoms with E-state index in [1.165, 1.54) is 0 Å². The Morgan fingerprint density at radius 3 is 2.61 bits per heavy atom. The number of benzene rings is 3. The third kappa shape index (κ3) is 4.44. The Kier molecular flexibility index (Phi) is 6.79. The van der Waals surface area contributed by atoms with Crippen molar-refractivity contribution in [2.24, 2.45) is 5.92 Å². The van der Waals surface area contributed by atoms with Crippen LogP contribution >= 0.6 is 22.6 Å². The van der Waals surface area contributed by atoms with Gasteiger partial charge in [-0.3, -0.25) is 9.48 Å². The van der Waals surface area contributed by atoms with E-state index in [-0.39, 0.29) is 17.9 Å². The summed E-state index contributed by atoms with van der Waals surface area (Å²) < 4.78 is 9.55. The minimum absolute atomic E-state index is 0.0161. The summed E-state index contributed by atoms with van der Waals surface area (Å²) in [6, 6.07) is 25.7. The molecular weight excluding hydrogens is 591 g/mol. The van der Waals surface area contributed by atoms with Crippen LogP contribution in [0.15, 0.2) is 85.1 Å². The predicted molar refractivity (Wildman–Crippen MR) is 152 cm³/mol. The molecule has 0 bridgehead atoms. The highest BCUT2D eigenvalue weighted by molar-refractivity contribution is 14.1. The molecule has 3 heterocycles. The number of carbonyl (C=O) groups excluding carboxylic acids is 1. The second-order valence-electron chi connectivity index (χ2n) is 10.2. The van der Waals surface area contributed by atoms with Crippen LogP contribution in [-0.4, -0.2) is 32.1 Å². The first-order valence-electron chi connectivity index (χ1n) is 12.9. The Morgan fingerprint density at radius 2 is 1.84 bits per heavy atom. The number of ether oxygens (including phenoxy) is 1. The van der Waals surface area contributed by atoms with Crippen LogP contribution in [-0.2, 0) is 28.2 Å². The van der Waals surface area contributed by atoms with Crippen LogP contribution in [0.2, 0.25) is 0 Å². The van der Waals surface area contributed by atoms with Gasteiger partial charge in [0.15, 0.2) is 5.60 Å². The van der Waals surface area contributed by atoms with E-state index in [2.05, 4.69) is 45.9 Å². The average Bonchev–Trinajstić information content (AvgIpc) is 3.61. The monoisotopic (exact) mass is 620 g/mol. The molecule has 4 atom stereocenters. The third-order valence-electron chi connectivity index (χ3n) is 7.69. The van der Waals surface area contributed by atoms with Gasteiger partial charge in [-0.25, -0.2) is 0 Å². The van der Waals surface area contributed by atoms with Gasteiger partial charge in [0.1, 0.15) is 11.8 Å². The van der Waals surface area contributed by atoms with Gasteiger partial charge in [-0.15, -0.1) is 5.10 Å². The zero-order chi connectivity index (χ0) is 26.3. The molecule has 1 amide bonds. The number of aliphatic hydroxyl groups excluding tert-OH is 1. The van der Waals surface area contributed by atoms with Crippen molar-refractivity contribution < 1.29 is 14.6 Å². The first-order chi connectivity index (χ1) is 18.5. The van der Waals surface area contributed by atoms with E-state index in [1.54, 1.807) is 10.9 Å². The van der Waals surface area contributed by atoms with Crippen LogP contribution in [0.25, 0.3) is 0 Å². The summed E-state index contributed by atoms with van der Waals surface area (Å²) in [6.45, 7) is 3.22. The molecule has 7 nitrogen and oxygen atoms in total. The van der Waals surface area contributed by atoms with Gasteiger partial charge < -0.3 is 14.7 Å². The van der Waals surface area contributed by atoms with Crippen molar-refractivity contribution in [3.63, 3.8) is 0 Å². The van der Waals surface area contributed by atoms with Crippen LogP contribution in [0.3, 0.4) is 0 Å². The first kappa shape index (κ1) is 25.2. The summed E-state index contributed by atoms with van der Waals surface area (Å²) in [5, 5.41) is 19.1. The standard InChI is InChI=1S/C30H29IN4O3/c1-20-16-24(14-15-34-19-26(32-33-34)28(36)22-10-6-3-7-11-22)38-30(20)25-17-23(31)12-13-27(25)35(29(30)37)18-21-8-4-2-5-9-21/h2-13,17,19-20,24,28,36H,14-16,18H2,1H3/t20-,24+,28+,30+/m0/s1. The number of amides is 1. The Hall–Kier alpha value is -3.08. The highest BCUT2D eigenvalue weighted by Gasteiger charge is 2.60. The summed E-state index contributed by atoms with van der Waals surface area (Å²) in [5.74, 6) is 0.0475. The van der Waals surface area contributed by atoms with E-state index in [1.807, 2.05) is 77.7 Å². The van der Waals surface area contributed by atoms with Crippen molar-refractivity contribution in [1.82, 2.24) is 15.0 Å². The fourth-order valence-electron chi connectivity index (χ4n) is 5.77. The molecule has 3 aromatic carbocycles. The van der Waals surface area contributed by atoms with Crippen molar-refractivity contribution in [2.75, 3.05) is 4.90 Å². The van der Waals surface area contributed by atoms with E-state index in [9.17, 15) is 9.90 Å². The zero-order valence-electron chi connectivity index (χ0n) is 21.1. The van der Waals surface area contributed by atoms with Gasteiger partial charge in [0.2, 0.25) is 0 Å². The molecule has 1 spiro atoms. The lowest BCUT2D eigenvalue weighted by Gasteiger charge is -2.28. The molecule has 0 aliphatic carbocycles. The number of rotatable bonds is 7. The fraction of sp³-hybridized carbons (Fsp3) is 0.300. The largest absolute Gasteiger partial charge is 0.382 e. The molecule has 0 saturated carbocycles. The maximum absolute atomic E-state index is 14.1. The van der Waals surface area contributed by atoms with Crippen LogP contribution in [0, 0.1) is 9.49 Å². The number of anilines is 1. The minimum Gasteiger partial charge on any atom is -0.382 e. The number of hydrogen-bond acceptors (Lipinski definition) is 5. The molecule has 6 rings (SSSR count). The Labute approximate surface area is 235 Å². The lowest BCUT2D eigenvalue weighted by atomic mass is 9.83. The molecule has 38 heavy (non-hydrogen) atoms. The second-order valence-corrected chi connectivity index (χ2v) is 11.4. The van der Waals surface area contributed by atoms with Crippen molar-refractivity contribution in [3.8, 4) is 0 Å². The number of fused-ring (bicyclic) bond motifs is 2. The molecule has 4 aromatic rings. The highest BCUT2D eigenvalue weighted by Crippen LogP contribution is 2.54. The summed E-state index contributed by atoms with van der Waals surface area (Å²) >= 11 is 2.30. The smallest absolute Gasteiger partial charge is 0.264 e. The van der Waals surface area contributed by atoms with Crippen molar-refractivity contribution in [2.45, 2.75) is 50.7 Å². The van der Waals surface area contributed by atoms with E-state index in [0.717, 1.165) is 32.4 Å². The van der Waals surface area contributed by atoms with Crippen LogP contribution in [0.1, 0.15) is 48.3 Å². The zero-order valence-corrected chi connectivity index (χ0v) is 23.2. The average molecular weight is 620 g/mol. The Morgan fingerprint density at radius 1 is 1.11 bits per heavy atom. The number of hydrogen-bond donors (Lipinski definition) is 1. The maximum Gasteiger partial charge on any atom is 0.264 e. The molecule has 2 aliphatic heterocycles. The number of halogens is 1. The van der Waals surface area contributed by atoms with Gasteiger partial charge in [-0.1, -0.05) is 72.8 Å². The second kappa shape index (κ2) is 10.2. The molecule has 194 valence electrons. The Balaban J connectivity index is 1.20. The van der Waals surface area contributed by atoms with Crippen molar-refractivity contribution in [3.05, 3.63) is 111 Å². The molecule has 0 radical (unpaired) electrons. The van der Waals surface area contributed by atoms with Gasteiger partial charge in [0, 0.05) is 21.6 Å². The fourth-order valence-corrected chi connectivity index (χ4v) is 6.27. The Bertz CT molecular complexity index is 1440. The van der Waals surface area contributed by atoms with Gasteiger partial charge in [0.25, 0.3) is 5.91 Å². The lowest BCUT2D eigenvalue weighted by Crippen LogP contribution is -2.43. The first-order valence-corrected chi connectivity index (χ1v) is 14.0. The molecular formula is C30H29IN4O3. The van der Waals surface area contributed by atoms with Crippen molar-refractivity contribution >= 4 is 34.2 Å². The summed E-state index contributed by atoms with van der Waals surface area (Å²) in [5.41, 5.74) is 3.30. The van der Waals surface area contributed by atoms with Crippen molar-refractivity contribution in [1.29, 1.82) is 0 Å². The molecule has 2 aliphatic rings. The molecule has 1 fully saturated rings. The number of aryl methyl sites for hydroxylation is 1. The highest BCUT2D eigenvalue weighted by atomic mass is 127. The van der Waals surface area contributed by atoms with Gasteiger partial charge in [-0.05, 0) is 64.8 Å². The number of aromatic nitrogens is 3. The molecule has 1 N–H and O–H groups in total. The van der Waals surface area contributed by atoms with Crippen LogP contribution < -0.4 is 4.90 Å². The molecule has 0 unspecified atom stereocenters. The number of aliphatic hydroxyl groups is 1.